The van der Waals surface area contributed by atoms with Crippen molar-refractivity contribution in [1.82, 2.24) is 9.55 Å². The summed E-state index contributed by atoms with van der Waals surface area (Å²) in [5.41, 5.74) is 7.20. The van der Waals surface area contributed by atoms with Crippen LogP contribution in [-0.4, -0.2) is 27.8 Å². The van der Waals surface area contributed by atoms with Gasteiger partial charge in [0.1, 0.15) is 5.82 Å². The van der Waals surface area contributed by atoms with Crippen LogP contribution in [0.1, 0.15) is 45.2 Å². The summed E-state index contributed by atoms with van der Waals surface area (Å²) >= 11 is 1.41. The lowest BCUT2D eigenvalue weighted by Crippen LogP contribution is -2.42. The molecule has 0 saturated carbocycles. The third-order valence-corrected chi connectivity index (χ3v) is 6.50. The van der Waals surface area contributed by atoms with E-state index in [1.165, 1.54) is 26.8 Å². The number of benzene rings is 2. The summed E-state index contributed by atoms with van der Waals surface area (Å²) in [6, 6.07) is 17.5. The quantitative estimate of drug-likeness (QED) is 0.475. The predicted molar refractivity (Wildman–Crippen MR) is 140 cm³/mol. The minimum Gasteiger partial charge on any atom is -0.383 e. The maximum atomic E-state index is 13.2. The van der Waals surface area contributed by atoms with Crippen LogP contribution in [0, 0.1) is 0 Å². The Kier molecular flexibility index (Phi) is 8.04. The minimum absolute atomic E-state index is 0.0149. The zero-order valence-electron chi connectivity index (χ0n) is 20.1. The van der Waals surface area contributed by atoms with E-state index in [2.05, 4.69) is 37.9 Å². The molecule has 3 N–H and O–H groups in total. The Morgan fingerprint density at radius 2 is 1.71 bits per heavy atom. The van der Waals surface area contributed by atoms with Gasteiger partial charge in [0.2, 0.25) is 5.91 Å². The highest BCUT2D eigenvalue weighted by atomic mass is 32.2. The van der Waals surface area contributed by atoms with Gasteiger partial charge >= 0.3 is 5.69 Å². The first-order valence-electron chi connectivity index (χ1n) is 11.3. The molecular formula is C26H32N4O3S. The minimum atomic E-state index is -0.659. The van der Waals surface area contributed by atoms with Crippen LogP contribution in [0.25, 0.3) is 0 Å². The maximum Gasteiger partial charge on any atom is 0.330 e. The Morgan fingerprint density at radius 1 is 1.06 bits per heavy atom. The topological polar surface area (TPSA) is 101 Å². The molecule has 1 heterocycles. The number of thioether (sulfide) groups is 1. The van der Waals surface area contributed by atoms with E-state index in [1.54, 1.807) is 0 Å². The molecule has 0 aliphatic carbocycles. The molecular weight excluding hydrogens is 448 g/mol. The van der Waals surface area contributed by atoms with Crippen molar-refractivity contribution in [3.63, 3.8) is 0 Å². The number of H-pyrrole nitrogens is 1. The molecule has 0 saturated heterocycles. The lowest BCUT2D eigenvalue weighted by atomic mass is 9.87. The molecule has 0 radical (unpaired) electrons. The monoisotopic (exact) mass is 480 g/mol. The molecule has 3 rings (SSSR count). The number of carbonyl (C=O) groups excluding carboxylic acids is 1. The first kappa shape index (κ1) is 25.4. The number of nitrogens with zero attached hydrogens (tertiary/aromatic N) is 2. The number of rotatable bonds is 8. The Hall–Kier alpha value is -3.26. The fourth-order valence-corrected chi connectivity index (χ4v) is 4.39. The van der Waals surface area contributed by atoms with Gasteiger partial charge in [-0.15, -0.1) is 11.8 Å². The van der Waals surface area contributed by atoms with E-state index in [1.807, 2.05) is 49.4 Å². The first-order chi connectivity index (χ1) is 16.1. The Balaban J connectivity index is 1.86. The zero-order chi connectivity index (χ0) is 24.9. The highest BCUT2D eigenvalue weighted by Crippen LogP contribution is 2.26. The second-order valence-electron chi connectivity index (χ2n) is 9.17. The number of hydrogen-bond acceptors (Lipinski definition) is 5. The van der Waals surface area contributed by atoms with Crippen molar-refractivity contribution >= 4 is 29.2 Å². The lowest BCUT2D eigenvalue weighted by molar-refractivity contribution is -0.116. The molecule has 0 unspecified atom stereocenters. The van der Waals surface area contributed by atoms with Crippen molar-refractivity contribution in [1.29, 1.82) is 0 Å². The van der Waals surface area contributed by atoms with E-state index in [9.17, 15) is 14.4 Å². The zero-order valence-corrected chi connectivity index (χ0v) is 20.9. The lowest BCUT2D eigenvalue weighted by Gasteiger charge is -2.24. The molecule has 7 nitrogen and oxygen atoms in total. The molecule has 3 aromatic rings. The van der Waals surface area contributed by atoms with Crippen molar-refractivity contribution in [2.24, 2.45) is 0 Å². The van der Waals surface area contributed by atoms with Gasteiger partial charge in [-0.2, -0.15) is 0 Å². The number of nitrogen functional groups attached to an aromatic ring is 1. The van der Waals surface area contributed by atoms with E-state index in [0.717, 1.165) is 10.5 Å². The van der Waals surface area contributed by atoms with Crippen molar-refractivity contribution < 1.29 is 4.79 Å². The van der Waals surface area contributed by atoms with Gasteiger partial charge in [-0.05, 0) is 35.1 Å². The number of nitrogens with two attached hydrogens (primary N) is 1. The van der Waals surface area contributed by atoms with Crippen LogP contribution < -0.4 is 21.9 Å². The molecule has 0 aliphatic rings. The number of amides is 1. The average molecular weight is 481 g/mol. The van der Waals surface area contributed by atoms with Gasteiger partial charge in [-0.25, -0.2) is 4.79 Å². The molecule has 1 aromatic heterocycles. The van der Waals surface area contributed by atoms with Crippen LogP contribution in [0.4, 0.5) is 11.5 Å². The molecule has 0 fully saturated rings. The molecule has 1 amide bonds. The smallest absolute Gasteiger partial charge is 0.330 e. The van der Waals surface area contributed by atoms with E-state index >= 15 is 0 Å². The van der Waals surface area contributed by atoms with Gasteiger partial charge in [0.05, 0.1) is 12.3 Å². The molecule has 0 atom stereocenters. The van der Waals surface area contributed by atoms with Crippen LogP contribution in [0.5, 0.6) is 0 Å². The molecule has 2 aromatic carbocycles. The van der Waals surface area contributed by atoms with Crippen molar-refractivity contribution in [2.75, 3.05) is 22.9 Å². The highest BCUT2D eigenvalue weighted by Gasteiger charge is 2.24. The van der Waals surface area contributed by atoms with Crippen LogP contribution in [0.3, 0.4) is 0 Å². The second kappa shape index (κ2) is 10.8. The molecule has 0 spiro atoms. The van der Waals surface area contributed by atoms with Crippen molar-refractivity contribution in [2.45, 2.75) is 51.0 Å². The number of aromatic nitrogens is 2. The van der Waals surface area contributed by atoms with Gasteiger partial charge in [0.25, 0.3) is 5.56 Å². The van der Waals surface area contributed by atoms with Crippen LogP contribution >= 0.6 is 11.8 Å². The summed E-state index contributed by atoms with van der Waals surface area (Å²) in [6.07, 6.45) is 0.632. The highest BCUT2D eigenvalue weighted by molar-refractivity contribution is 8.00. The Bertz CT molecular complexity index is 1240. The third-order valence-electron chi connectivity index (χ3n) is 5.50. The third kappa shape index (κ3) is 5.99. The fraction of sp³-hybridized carbons (Fsp3) is 0.346. The molecule has 0 bridgehead atoms. The van der Waals surface area contributed by atoms with E-state index in [4.69, 9.17) is 5.73 Å². The van der Waals surface area contributed by atoms with Crippen molar-refractivity contribution in [3.05, 3.63) is 86.6 Å². The normalized spacial score (nSPS) is 11.4. The van der Waals surface area contributed by atoms with Crippen molar-refractivity contribution in [3.8, 4) is 0 Å². The molecule has 8 heteroatoms. The van der Waals surface area contributed by atoms with Gasteiger partial charge in [-0.1, -0.05) is 70.2 Å². The van der Waals surface area contributed by atoms with E-state index in [-0.39, 0.29) is 35.1 Å². The predicted octanol–water partition coefficient (Wildman–Crippen LogP) is 4.00. The van der Waals surface area contributed by atoms with Gasteiger partial charge < -0.3 is 10.6 Å². The van der Waals surface area contributed by atoms with E-state index < -0.39 is 11.2 Å². The summed E-state index contributed by atoms with van der Waals surface area (Å²) in [5, 5.41) is 0. The Morgan fingerprint density at radius 3 is 2.29 bits per heavy atom. The Labute approximate surface area is 204 Å². The fourth-order valence-electron chi connectivity index (χ4n) is 3.62. The number of aromatic amines is 1. The summed E-state index contributed by atoms with van der Waals surface area (Å²) < 4.78 is 1.29. The summed E-state index contributed by atoms with van der Waals surface area (Å²) in [7, 11) is 0. The van der Waals surface area contributed by atoms with Gasteiger partial charge in [-0.3, -0.25) is 19.1 Å². The number of anilines is 2. The summed E-state index contributed by atoms with van der Waals surface area (Å²) in [6.45, 7) is 8.89. The molecule has 34 heavy (non-hydrogen) atoms. The second-order valence-corrected chi connectivity index (χ2v) is 10.2. The number of nitrogens with one attached hydrogen (secondary N) is 1. The first-order valence-corrected chi connectivity index (χ1v) is 12.3. The van der Waals surface area contributed by atoms with Gasteiger partial charge in [0, 0.05) is 11.4 Å². The maximum absolute atomic E-state index is 13.2. The summed E-state index contributed by atoms with van der Waals surface area (Å²) in [4.78, 5) is 43.1. The van der Waals surface area contributed by atoms with Crippen LogP contribution in [-0.2, 0) is 16.8 Å². The molecule has 180 valence electrons. The molecule has 0 aliphatic heterocycles. The SMILES string of the molecule is CCCN(C(=O)CSc1ccc(C(C)(C)C)cc1)c1c(N)n(Cc2ccccc2)c(=O)[nH]c1=O. The van der Waals surface area contributed by atoms with Gasteiger partial charge in [0.15, 0.2) is 5.69 Å². The summed E-state index contributed by atoms with van der Waals surface area (Å²) in [5.74, 6) is -0.112. The largest absolute Gasteiger partial charge is 0.383 e. The van der Waals surface area contributed by atoms with Crippen LogP contribution in [0.15, 0.2) is 69.1 Å². The number of carbonyl (C=O) groups is 1. The average Bonchev–Trinajstić information content (AvgIpc) is 2.80. The standard InChI is InChI=1S/C26H32N4O3S/c1-5-15-29(21(31)17-34-20-13-11-19(12-14-20)26(2,3)4)22-23(27)30(25(33)28-24(22)32)16-18-9-7-6-8-10-18/h6-14H,5,15-17,27H2,1-4H3,(H,28,32,33). The number of hydrogen-bond donors (Lipinski definition) is 2. The van der Waals surface area contributed by atoms with E-state index in [0.29, 0.717) is 13.0 Å². The van der Waals surface area contributed by atoms with Crippen LogP contribution in [0.2, 0.25) is 0 Å².